The molecule has 1 heterocycles. The van der Waals surface area contributed by atoms with Crippen LogP contribution in [-0.4, -0.2) is 14.3 Å². The molecule has 0 aliphatic carbocycles. The van der Waals surface area contributed by atoms with Gasteiger partial charge in [-0.2, -0.15) is 0 Å². The molecular formula is C7H6N4O3S. The molecule has 0 spiro atoms. The lowest BCUT2D eigenvalue weighted by Gasteiger charge is -1.91. The van der Waals surface area contributed by atoms with Crippen LogP contribution in [0.25, 0.3) is 10.4 Å². The summed E-state index contributed by atoms with van der Waals surface area (Å²) < 4.78 is 24.2. The highest BCUT2D eigenvalue weighted by Crippen LogP contribution is 2.20. The van der Waals surface area contributed by atoms with Crippen molar-refractivity contribution in [1.82, 2.24) is 4.72 Å². The monoisotopic (exact) mass is 226 g/mol. The lowest BCUT2D eigenvalue weighted by atomic mass is 10.2. The third kappa shape index (κ3) is 2.06. The number of hydrogen-bond acceptors (Lipinski definition) is 4. The maximum absolute atomic E-state index is 11.1. The molecule has 0 bridgehead atoms. The minimum Gasteiger partial charge on any atom is -0.268 e. The minimum atomic E-state index is -3.55. The Morgan fingerprint density at radius 2 is 1.87 bits per heavy atom. The Morgan fingerprint density at radius 3 is 2.40 bits per heavy atom. The van der Waals surface area contributed by atoms with Gasteiger partial charge in [-0.25, -0.2) is 13.1 Å². The first-order chi connectivity index (χ1) is 7.03. The van der Waals surface area contributed by atoms with Crippen LogP contribution < -0.4 is 4.72 Å². The SMILES string of the molecule is O=C1NS(=O)(=O)c2ccccc21.[N-]=[N+]=N. The summed E-state index contributed by atoms with van der Waals surface area (Å²) in [5.74, 6) is -0.550. The van der Waals surface area contributed by atoms with Crippen LogP contribution in [0.15, 0.2) is 29.2 Å². The van der Waals surface area contributed by atoms with Crippen molar-refractivity contribution in [2.45, 2.75) is 4.90 Å². The Hall–Kier alpha value is -2.05. The maximum Gasteiger partial charge on any atom is 0.266 e. The van der Waals surface area contributed by atoms with Crippen molar-refractivity contribution in [2.24, 2.45) is 0 Å². The van der Waals surface area contributed by atoms with Gasteiger partial charge in [0.05, 0.1) is 5.56 Å². The topological polar surface area (TPSA) is 123 Å². The van der Waals surface area contributed by atoms with Crippen LogP contribution >= 0.6 is 0 Å². The van der Waals surface area contributed by atoms with E-state index in [2.05, 4.69) is 0 Å². The van der Waals surface area contributed by atoms with E-state index >= 15 is 0 Å². The van der Waals surface area contributed by atoms with Crippen LogP contribution in [0.4, 0.5) is 0 Å². The fraction of sp³-hybridized carbons (Fsp3) is 0. The number of rotatable bonds is 0. The molecule has 7 nitrogen and oxygen atoms in total. The second-order valence-electron chi connectivity index (χ2n) is 2.53. The number of fused-ring (bicyclic) bond motifs is 1. The highest BCUT2D eigenvalue weighted by molar-refractivity contribution is 7.90. The molecule has 0 atom stereocenters. The van der Waals surface area contributed by atoms with Crippen LogP contribution in [0.5, 0.6) is 0 Å². The predicted molar refractivity (Wildman–Crippen MR) is 50.5 cm³/mol. The molecule has 1 aliphatic heterocycles. The van der Waals surface area contributed by atoms with Gasteiger partial charge in [0.2, 0.25) is 0 Å². The molecule has 0 fully saturated rings. The molecule has 15 heavy (non-hydrogen) atoms. The van der Waals surface area contributed by atoms with E-state index in [9.17, 15) is 13.2 Å². The first-order valence-corrected chi connectivity index (χ1v) is 5.18. The fourth-order valence-electron chi connectivity index (χ4n) is 1.12. The van der Waals surface area contributed by atoms with Crippen molar-refractivity contribution >= 4 is 15.9 Å². The molecule has 0 saturated carbocycles. The summed E-state index contributed by atoms with van der Waals surface area (Å²) in [4.78, 5) is 12.8. The van der Waals surface area contributed by atoms with Gasteiger partial charge in [0, 0.05) is 0 Å². The Morgan fingerprint density at radius 1 is 1.33 bits per heavy atom. The number of sulfonamides is 1. The molecule has 1 aromatic rings. The summed E-state index contributed by atoms with van der Waals surface area (Å²) in [6.07, 6.45) is 0. The number of benzene rings is 1. The zero-order valence-electron chi connectivity index (χ0n) is 7.34. The Labute approximate surface area is 85.2 Å². The maximum atomic E-state index is 11.1. The van der Waals surface area contributed by atoms with E-state index in [0.29, 0.717) is 0 Å². The van der Waals surface area contributed by atoms with E-state index in [1.807, 2.05) is 4.72 Å². The molecule has 0 unspecified atom stereocenters. The quantitative estimate of drug-likeness (QED) is 0.389. The van der Waals surface area contributed by atoms with Crippen LogP contribution in [0.1, 0.15) is 10.4 Å². The zero-order valence-corrected chi connectivity index (χ0v) is 8.15. The van der Waals surface area contributed by atoms with Crippen LogP contribution in [0.3, 0.4) is 0 Å². The summed E-state index contributed by atoms with van der Waals surface area (Å²) >= 11 is 0. The van der Waals surface area contributed by atoms with Gasteiger partial charge >= 0.3 is 0 Å². The highest BCUT2D eigenvalue weighted by atomic mass is 32.2. The van der Waals surface area contributed by atoms with Crippen LogP contribution in [0, 0.1) is 5.53 Å². The van der Waals surface area contributed by atoms with Gasteiger partial charge in [-0.3, -0.25) is 4.79 Å². The number of hydrogen-bond donors (Lipinski definition) is 2. The van der Waals surface area contributed by atoms with Crippen molar-refractivity contribution in [3.05, 3.63) is 40.3 Å². The third-order valence-electron chi connectivity index (χ3n) is 1.65. The predicted octanol–water partition coefficient (Wildman–Crippen LogP) is 0.994. The summed E-state index contributed by atoms with van der Waals surface area (Å²) in [7, 11) is -3.55. The van der Waals surface area contributed by atoms with E-state index < -0.39 is 15.9 Å². The van der Waals surface area contributed by atoms with Crippen molar-refractivity contribution in [1.29, 1.82) is 5.53 Å². The van der Waals surface area contributed by atoms with Crippen molar-refractivity contribution in [2.75, 3.05) is 0 Å². The number of nitrogens with zero attached hydrogens (tertiary/aromatic N) is 2. The lowest BCUT2D eigenvalue weighted by Crippen LogP contribution is -2.20. The first-order valence-electron chi connectivity index (χ1n) is 3.70. The average molecular weight is 226 g/mol. The van der Waals surface area contributed by atoms with Crippen molar-refractivity contribution < 1.29 is 13.2 Å². The Kier molecular flexibility index (Phi) is 2.93. The summed E-state index contributed by atoms with van der Waals surface area (Å²) in [5, 5.41) is 0. The summed E-state index contributed by atoms with van der Waals surface area (Å²) in [6, 6.07) is 6.09. The molecule has 0 radical (unpaired) electrons. The molecule has 8 heteroatoms. The van der Waals surface area contributed by atoms with E-state index in [1.54, 1.807) is 17.0 Å². The third-order valence-corrected chi connectivity index (χ3v) is 3.04. The molecule has 0 saturated heterocycles. The summed E-state index contributed by atoms with van der Waals surface area (Å²) in [6.45, 7) is 0. The van der Waals surface area contributed by atoms with Gasteiger partial charge in [-0.05, 0) is 22.6 Å². The molecule has 1 aromatic carbocycles. The van der Waals surface area contributed by atoms with Gasteiger partial charge in [-0.15, -0.1) is 5.53 Å². The number of carbonyl (C=O) groups excluding carboxylic acids is 1. The molecule has 1 amide bonds. The highest BCUT2D eigenvalue weighted by Gasteiger charge is 2.31. The van der Waals surface area contributed by atoms with E-state index in [0.717, 1.165) is 0 Å². The molecule has 78 valence electrons. The largest absolute Gasteiger partial charge is 0.268 e. The zero-order chi connectivity index (χ0) is 11.5. The van der Waals surface area contributed by atoms with E-state index in [4.69, 9.17) is 11.1 Å². The van der Waals surface area contributed by atoms with Crippen LogP contribution in [-0.2, 0) is 10.0 Å². The smallest absolute Gasteiger partial charge is 0.266 e. The Bertz CT molecular complexity index is 531. The second kappa shape index (κ2) is 3.99. The number of nitrogens with one attached hydrogen (secondary N) is 2. The Balaban J connectivity index is 0.000000337. The molecule has 0 aromatic heterocycles. The van der Waals surface area contributed by atoms with Gasteiger partial charge in [-0.1, -0.05) is 12.1 Å². The molecule has 2 rings (SSSR count). The van der Waals surface area contributed by atoms with Gasteiger partial charge < -0.3 is 0 Å². The van der Waals surface area contributed by atoms with Crippen molar-refractivity contribution in [3.8, 4) is 0 Å². The standard InChI is InChI=1S/C7H5NO3S.HN3/c9-7-5-3-1-2-4-6(5)12(10,11)8-7;1-3-2/h1-4H,(H,8,9);1H. The average Bonchev–Trinajstić information content (AvgIpc) is 2.40. The molecular weight excluding hydrogens is 220 g/mol. The van der Waals surface area contributed by atoms with E-state index in [-0.39, 0.29) is 10.5 Å². The normalized spacial score (nSPS) is 15.3. The number of carbonyl (C=O) groups is 1. The number of amides is 1. The lowest BCUT2D eigenvalue weighted by molar-refractivity contribution is 0.0985. The molecule has 1 aliphatic rings. The second-order valence-corrected chi connectivity index (χ2v) is 4.18. The first kappa shape index (κ1) is 11.0. The summed E-state index contributed by atoms with van der Waals surface area (Å²) in [5.41, 5.74) is 12.5. The fourth-order valence-corrected chi connectivity index (χ4v) is 2.29. The van der Waals surface area contributed by atoms with Crippen LogP contribution in [0.2, 0.25) is 0 Å². The molecule has 2 N–H and O–H groups in total. The minimum absolute atomic E-state index is 0.0648. The van der Waals surface area contributed by atoms with Gasteiger partial charge in [0.15, 0.2) is 0 Å². The van der Waals surface area contributed by atoms with E-state index in [1.165, 1.54) is 12.1 Å². The van der Waals surface area contributed by atoms with Gasteiger partial charge in [0.25, 0.3) is 15.9 Å². The van der Waals surface area contributed by atoms with Crippen molar-refractivity contribution in [3.63, 3.8) is 0 Å². The van der Waals surface area contributed by atoms with Gasteiger partial charge in [0.1, 0.15) is 4.90 Å².